The monoisotopic (exact) mass is 330 g/mol. The molecule has 0 spiro atoms. The van der Waals surface area contributed by atoms with Crippen molar-refractivity contribution in [2.45, 2.75) is 0 Å². The maximum Gasteiger partial charge on any atom is 0.185 e. The second kappa shape index (κ2) is 6.96. The second-order valence-electron chi connectivity index (χ2n) is 4.14. The fourth-order valence-corrected chi connectivity index (χ4v) is 1.86. The Kier molecular flexibility index (Phi) is 5.02. The van der Waals surface area contributed by atoms with Crippen molar-refractivity contribution >= 4 is 27.8 Å². The van der Waals surface area contributed by atoms with Crippen LogP contribution in [0.4, 0.5) is 4.39 Å². The number of carbonyl (C=O) groups is 1. The van der Waals surface area contributed by atoms with Crippen molar-refractivity contribution in [3.05, 3.63) is 88.2 Å². The Labute approximate surface area is 125 Å². The van der Waals surface area contributed by atoms with E-state index in [1.807, 2.05) is 30.3 Å². The quantitative estimate of drug-likeness (QED) is 0.436. The van der Waals surface area contributed by atoms with Gasteiger partial charge < -0.3 is 0 Å². The highest BCUT2D eigenvalue weighted by atomic mass is 79.9. The lowest BCUT2D eigenvalue weighted by molar-refractivity contribution is 0.104. The molecule has 100 valence electrons. The standard InChI is InChI=1S/C17H12BrFO/c18-15-9-5-13(6-10-15)3-1-2-4-17(20)14-7-11-16(19)12-8-14/h1-12H/b3-1+,4-2+. The lowest BCUT2D eigenvalue weighted by Crippen LogP contribution is -1.93. The molecule has 0 fully saturated rings. The summed E-state index contributed by atoms with van der Waals surface area (Å²) in [6.07, 6.45) is 6.84. The molecule has 0 saturated carbocycles. The smallest absolute Gasteiger partial charge is 0.185 e. The number of hydrogen-bond donors (Lipinski definition) is 0. The van der Waals surface area contributed by atoms with Crippen LogP contribution >= 0.6 is 15.9 Å². The maximum absolute atomic E-state index is 12.7. The number of allylic oxidation sites excluding steroid dienone is 3. The van der Waals surface area contributed by atoms with Crippen molar-refractivity contribution in [3.8, 4) is 0 Å². The molecule has 0 unspecified atom stereocenters. The molecule has 20 heavy (non-hydrogen) atoms. The molecule has 0 aliphatic carbocycles. The first-order chi connectivity index (χ1) is 9.65. The third kappa shape index (κ3) is 4.28. The number of hydrogen-bond acceptors (Lipinski definition) is 1. The Bertz CT molecular complexity index is 640. The van der Waals surface area contributed by atoms with Gasteiger partial charge in [-0.1, -0.05) is 46.3 Å². The fourth-order valence-electron chi connectivity index (χ4n) is 1.59. The first-order valence-corrected chi connectivity index (χ1v) is 6.85. The van der Waals surface area contributed by atoms with Gasteiger partial charge in [0.1, 0.15) is 5.82 Å². The molecular weight excluding hydrogens is 319 g/mol. The molecule has 1 nitrogen and oxygen atoms in total. The van der Waals surface area contributed by atoms with Crippen LogP contribution in [0, 0.1) is 5.82 Å². The predicted octanol–water partition coefficient (Wildman–Crippen LogP) is 5.04. The summed E-state index contributed by atoms with van der Waals surface area (Å²) in [5.74, 6) is -0.494. The molecule has 0 bridgehead atoms. The molecule has 0 saturated heterocycles. The Balaban J connectivity index is 1.97. The summed E-state index contributed by atoms with van der Waals surface area (Å²) in [7, 11) is 0. The number of benzene rings is 2. The Morgan fingerprint density at radius 1 is 0.950 bits per heavy atom. The van der Waals surface area contributed by atoms with Crippen LogP contribution in [0.2, 0.25) is 0 Å². The van der Waals surface area contributed by atoms with Crippen LogP contribution in [0.15, 0.2) is 71.2 Å². The van der Waals surface area contributed by atoms with Crippen LogP contribution in [0.3, 0.4) is 0 Å². The van der Waals surface area contributed by atoms with Crippen LogP contribution in [-0.4, -0.2) is 5.78 Å². The predicted molar refractivity (Wildman–Crippen MR) is 83.0 cm³/mol. The van der Waals surface area contributed by atoms with Crippen molar-refractivity contribution in [2.75, 3.05) is 0 Å². The molecule has 0 amide bonds. The third-order valence-corrected chi connectivity index (χ3v) is 3.17. The molecule has 0 heterocycles. The van der Waals surface area contributed by atoms with Crippen molar-refractivity contribution in [1.29, 1.82) is 0 Å². The van der Waals surface area contributed by atoms with Crippen molar-refractivity contribution < 1.29 is 9.18 Å². The van der Waals surface area contributed by atoms with Crippen molar-refractivity contribution in [3.63, 3.8) is 0 Å². The molecule has 3 heteroatoms. The summed E-state index contributed by atoms with van der Waals surface area (Å²) in [5.41, 5.74) is 1.52. The molecule has 2 aromatic carbocycles. The largest absolute Gasteiger partial charge is 0.289 e. The summed E-state index contributed by atoms with van der Waals surface area (Å²) in [6.45, 7) is 0. The maximum atomic E-state index is 12.7. The summed E-state index contributed by atoms with van der Waals surface area (Å²) in [6, 6.07) is 13.3. The Hall–Kier alpha value is -2.00. The minimum Gasteiger partial charge on any atom is -0.289 e. The van der Waals surface area contributed by atoms with Gasteiger partial charge in [0.15, 0.2) is 5.78 Å². The van der Waals surface area contributed by atoms with Crippen LogP contribution in [-0.2, 0) is 0 Å². The van der Waals surface area contributed by atoms with Gasteiger partial charge in [-0.05, 0) is 48.0 Å². The van der Waals surface area contributed by atoms with Gasteiger partial charge in [0.2, 0.25) is 0 Å². The molecule has 0 radical (unpaired) electrons. The van der Waals surface area contributed by atoms with Crippen molar-refractivity contribution in [2.24, 2.45) is 0 Å². The summed E-state index contributed by atoms with van der Waals surface area (Å²) in [4.78, 5) is 11.8. The van der Waals surface area contributed by atoms with E-state index in [2.05, 4.69) is 15.9 Å². The van der Waals surface area contributed by atoms with E-state index >= 15 is 0 Å². The first kappa shape index (κ1) is 14.4. The summed E-state index contributed by atoms with van der Waals surface area (Å²) >= 11 is 3.37. The van der Waals surface area contributed by atoms with E-state index < -0.39 is 0 Å². The zero-order valence-corrected chi connectivity index (χ0v) is 12.2. The summed E-state index contributed by atoms with van der Waals surface area (Å²) < 4.78 is 13.8. The van der Waals surface area contributed by atoms with Crippen LogP contribution in [0.5, 0.6) is 0 Å². The van der Waals surface area contributed by atoms with E-state index in [4.69, 9.17) is 0 Å². The zero-order chi connectivity index (χ0) is 14.4. The van der Waals surface area contributed by atoms with Gasteiger partial charge in [-0.2, -0.15) is 0 Å². The highest BCUT2D eigenvalue weighted by Crippen LogP contribution is 2.11. The van der Waals surface area contributed by atoms with Gasteiger partial charge in [-0.3, -0.25) is 4.79 Å². The van der Waals surface area contributed by atoms with E-state index in [1.165, 1.54) is 30.3 Å². The van der Waals surface area contributed by atoms with Gasteiger partial charge in [0.05, 0.1) is 0 Å². The number of halogens is 2. The number of rotatable bonds is 4. The van der Waals surface area contributed by atoms with Gasteiger partial charge in [-0.15, -0.1) is 0 Å². The first-order valence-electron chi connectivity index (χ1n) is 6.05. The molecular formula is C17H12BrFO. The number of ketones is 1. The molecule has 0 atom stereocenters. The fraction of sp³-hybridized carbons (Fsp3) is 0. The molecule has 2 rings (SSSR count). The molecule has 0 aromatic heterocycles. The van der Waals surface area contributed by atoms with Crippen LogP contribution < -0.4 is 0 Å². The van der Waals surface area contributed by atoms with Gasteiger partial charge >= 0.3 is 0 Å². The highest BCUT2D eigenvalue weighted by Gasteiger charge is 2.00. The average molecular weight is 331 g/mol. The highest BCUT2D eigenvalue weighted by molar-refractivity contribution is 9.10. The molecule has 0 aliphatic rings. The lowest BCUT2D eigenvalue weighted by Gasteiger charge is -1.94. The minimum atomic E-state index is -0.347. The van der Waals surface area contributed by atoms with Gasteiger partial charge in [-0.25, -0.2) is 4.39 Å². The average Bonchev–Trinajstić information content (AvgIpc) is 2.46. The van der Waals surface area contributed by atoms with Crippen LogP contribution in [0.1, 0.15) is 15.9 Å². The normalized spacial score (nSPS) is 11.3. The van der Waals surface area contributed by atoms with E-state index in [9.17, 15) is 9.18 Å². The minimum absolute atomic E-state index is 0.148. The Morgan fingerprint density at radius 2 is 1.60 bits per heavy atom. The van der Waals surface area contributed by atoms with Crippen molar-refractivity contribution in [1.82, 2.24) is 0 Å². The van der Waals surface area contributed by atoms with Crippen LogP contribution in [0.25, 0.3) is 6.08 Å². The number of carbonyl (C=O) groups excluding carboxylic acids is 1. The molecule has 2 aromatic rings. The van der Waals surface area contributed by atoms with Gasteiger partial charge in [0.25, 0.3) is 0 Å². The zero-order valence-electron chi connectivity index (χ0n) is 10.6. The summed E-state index contributed by atoms with van der Waals surface area (Å²) in [5, 5.41) is 0. The van der Waals surface area contributed by atoms with Gasteiger partial charge in [0, 0.05) is 10.0 Å². The van der Waals surface area contributed by atoms with E-state index in [0.717, 1.165) is 10.0 Å². The molecule has 0 aliphatic heterocycles. The Morgan fingerprint density at radius 3 is 2.25 bits per heavy atom. The van der Waals surface area contributed by atoms with E-state index in [-0.39, 0.29) is 11.6 Å². The molecule has 0 N–H and O–H groups in total. The third-order valence-electron chi connectivity index (χ3n) is 2.65. The second-order valence-corrected chi connectivity index (χ2v) is 5.06. The lowest BCUT2D eigenvalue weighted by atomic mass is 10.1. The van der Waals surface area contributed by atoms with E-state index in [0.29, 0.717) is 5.56 Å². The van der Waals surface area contributed by atoms with E-state index in [1.54, 1.807) is 12.2 Å². The SMILES string of the molecule is O=C(/C=C/C=C/c1ccc(Br)cc1)c1ccc(F)cc1. The topological polar surface area (TPSA) is 17.1 Å².